The van der Waals surface area contributed by atoms with Gasteiger partial charge in [-0.1, -0.05) is 38.7 Å². The van der Waals surface area contributed by atoms with Gasteiger partial charge in [-0.25, -0.2) is 4.79 Å². The summed E-state index contributed by atoms with van der Waals surface area (Å²) in [4.78, 5) is 20.1. The Morgan fingerprint density at radius 1 is 1.23 bits per heavy atom. The number of ether oxygens (including phenoxy) is 1. The largest absolute Gasteiger partial charge is 0.497 e. The van der Waals surface area contributed by atoms with Crippen molar-refractivity contribution in [2.75, 3.05) is 39.8 Å². The molecule has 1 atom stereocenters. The SMILES string of the molecule is CCCCCCCN(C/C=C/C(=O)O)C1CCN(C[C@H](O)c2ccnc3ccc(OC)cc23)CC1. The lowest BCUT2D eigenvalue weighted by Crippen LogP contribution is -2.46. The van der Waals surface area contributed by atoms with Gasteiger partial charge in [0.05, 0.1) is 18.7 Å². The first kappa shape index (κ1) is 27.1. The van der Waals surface area contributed by atoms with Crippen molar-refractivity contribution in [3.63, 3.8) is 0 Å². The van der Waals surface area contributed by atoms with Crippen molar-refractivity contribution in [1.29, 1.82) is 0 Å². The summed E-state index contributed by atoms with van der Waals surface area (Å²) in [5.41, 5.74) is 1.73. The normalized spacial score (nSPS) is 16.3. The maximum absolute atomic E-state index is 11.1. The van der Waals surface area contributed by atoms with Crippen LogP contribution >= 0.6 is 0 Å². The highest BCUT2D eigenvalue weighted by Gasteiger charge is 2.26. The Hall–Kier alpha value is -2.48. The van der Waals surface area contributed by atoms with Crippen LogP contribution < -0.4 is 4.74 Å². The van der Waals surface area contributed by atoms with E-state index in [1.165, 1.54) is 31.8 Å². The van der Waals surface area contributed by atoms with E-state index in [0.29, 0.717) is 19.1 Å². The number of fused-ring (bicyclic) bond motifs is 1. The number of carboxylic acid groups (broad SMARTS) is 1. The van der Waals surface area contributed by atoms with Crippen molar-refractivity contribution in [3.8, 4) is 5.75 Å². The smallest absolute Gasteiger partial charge is 0.328 e. The number of pyridine rings is 1. The zero-order valence-electron chi connectivity index (χ0n) is 21.2. The lowest BCUT2D eigenvalue weighted by atomic mass is 9.99. The van der Waals surface area contributed by atoms with Crippen LogP contribution in [0.4, 0.5) is 0 Å². The number of piperidine rings is 1. The number of unbranched alkanes of at least 4 members (excludes halogenated alkanes) is 4. The van der Waals surface area contributed by atoms with Gasteiger partial charge in [0.15, 0.2) is 0 Å². The van der Waals surface area contributed by atoms with Crippen LogP contribution in [0.2, 0.25) is 0 Å². The highest BCUT2D eigenvalue weighted by molar-refractivity contribution is 5.83. The molecule has 0 unspecified atom stereocenters. The fourth-order valence-electron chi connectivity index (χ4n) is 5.00. The summed E-state index contributed by atoms with van der Waals surface area (Å²) in [6.45, 7) is 6.33. The van der Waals surface area contributed by atoms with Crippen molar-refractivity contribution in [2.24, 2.45) is 0 Å². The molecule has 0 amide bonds. The van der Waals surface area contributed by atoms with Gasteiger partial charge in [0.25, 0.3) is 0 Å². The summed E-state index contributed by atoms with van der Waals surface area (Å²) in [6.07, 6.45) is 12.4. The van der Waals surface area contributed by atoms with E-state index >= 15 is 0 Å². The molecule has 1 aliphatic rings. The molecule has 2 heterocycles. The first-order chi connectivity index (χ1) is 17.0. The lowest BCUT2D eigenvalue weighted by Gasteiger charge is -2.39. The Morgan fingerprint density at radius 3 is 2.71 bits per heavy atom. The second-order valence-corrected chi connectivity index (χ2v) is 9.48. The van der Waals surface area contributed by atoms with Gasteiger partial charge in [0, 0.05) is 36.8 Å². The molecule has 1 saturated heterocycles. The summed E-state index contributed by atoms with van der Waals surface area (Å²) in [5, 5.41) is 21.0. The zero-order chi connectivity index (χ0) is 25.0. The molecule has 2 N–H and O–H groups in total. The third-order valence-corrected chi connectivity index (χ3v) is 7.00. The van der Waals surface area contributed by atoms with Crippen LogP contribution in [0.3, 0.4) is 0 Å². The molecule has 0 radical (unpaired) electrons. The molecule has 0 bridgehead atoms. The lowest BCUT2D eigenvalue weighted by molar-refractivity contribution is -0.131. The summed E-state index contributed by atoms with van der Waals surface area (Å²) in [5.74, 6) is -0.135. The van der Waals surface area contributed by atoms with Gasteiger partial charge >= 0.3 is 5.97 Å². The Bertz CT molecular complexity index is 956. The number of nitrogens with zero attached hydrogens (tertiary/aromatic N) is 3. The number of likely N-dealkylation sites (tertiary alicyclic amines) is 1. The van der Waals surface area contributed by atoms with Crippen LogP contribution in [0.5, 0.6) is 5.75 Å². The predicted molar refractivity (Wildman–Crippen MR) is 140 cm³/mol. The van der Waals surface area contributed by atoms with E-state index in [9.17, 15) is 9.90 Å². The number of carboxylic acids is 1. The Labute approximate surface area is 209 Å². The maximum atomic E-state index is 11.1. The summed E-state index contributed by atoms with van der Waals surface area (Å²) >= 11 is 0. The van der Waals surface area contributed by atoms with Gasteiger partial charge in [-0.05, 0) is 68.7 Å². The molecule has 7 heteroatoms. The van der Waals surface area contributed by atoms with Crippen LogP contribution in [0.25, 0.3) is 10.9 Å². The number of aromatic nitrogens is 1. The molecule has 35 heavy (non-hydrogen) atoms. The molecule has 7 nitrogen and oxygen atoms in total. The topological polar surface area (TPSA) is 86.1 Å². The Balaban J connectivity index is 1.56. The van der Waals surface area contributed by atoms with Crippen molar-refractivity contribution in [1.82, 2.24) is 14.8 Å². The number of aliphatic hydroxyl groups is 1. The molecule has 1 aromatic carbocycles. The van der Waals surface area contributed by atoms with Gasteiger partial charge in [-0.3, -0.25) is 9.88 Å². The maximum Gasteiger partial charge on any atom is 0.328 e. The third kappa shape index (κ3) is 8.30. The van der Waals surface area contributed by atoms with Gasteiger partial charge in [0.2, 0.25) is 0 Å². The minimum atomic E-state index is -0.891. The van der Waals surface area contributed by atoms with E-state index in [2.05, 4.69) is 21.7 Å². The van der Waals surface area contributed by atoms with Crippen LogP contribution in [0.15, 0.2) is 42.6 Å². The van der Waals surface area contributed by atoms with Crippen molar-refractivity contribution in [3.05, 3.63) is 48.2 Å². The van der Waals surface area contributed by atoms with Gasteiger partial charge < -0.3 is 19.8 Å². The Morgan fingerprint density at radius 2 is 2.00 bits per heavy atom. The number of β-amino-alcohol motifs (C(OH)–C–C–N with tert-alkyl or cyclic N) is 1. The average molecular weight is 484 g/mol. The molecule has 0 saturated carbocycles. The second-order valence-electron chi connectivity index (χ2n) is 9.48. The molecular formula is C28H41N3O4. The summed E-state index contributed by atoms with van der Waals surface area (Å²) in [7, 11) is 1.64. The standard InChI is InChI=1S/C28H41N3O4/c1-3-4-5-6-7-16-31(17-8-9-28(33)34)22-13-18-30(19-14-22)21-27(32)24-12-15-29-26-11-10-23(35-2)20-25(24)26/h8-12,15,20,22,27,32H,3-7,13-14,16-19,21H2,1-2H3,(H,33,34)/b9-8+/t27-/m0/s1. The molecule has 0 spiro atoms. The third-order valence-electron chi connectivity index (χ3n) is 7.00. The highest BCUT2D eigenvalue weighted by atomic mass is 16.5. The number of hydrogen-bond donors (Lipinski definition) is 2. The molecular weight excluding hydrogens is 442 g/mol. The zero-order valence-corrected chi connectivity index (χ0v) is 21.2. The number of hydrogen-bond acceptors (Lipinski definition) is 6. The molecule has 3 rings (SSSR count). The number of methoxy groups -OCH3 is 1. The minimum absolute atomic E-state index is 0.444. The monoisotopic (exact) mass is 483 g/mol. The quantitative estimate of drug-likeness (QED) is 0.299. The van der Waals surface area contributed by atoms with Crippen LogP contribution in [-0.4, -0.2) is 76.8 Å². The second kappa shape index (κ2) is 14.2. The van der Waals surface area contributed by atoms with E-state index < -0.39 is 12.1 Å². The molecule has 1 fully saturated rings. The number of benzene rings is 1. The molecule has 2 aromatic rings. The Kier molecular flexibility index (Phi) is 11.0. The van der Waals surface area contributed by atoms with Gasteiger partial charge in [-0.15, -0.1) is 0 Å². The van der Waals surface area contributed by atoms with Crippen LogP contribution in [0, 0.1) is 0 Å². The van der Waals surface area contributed by atoms with Crippen molar-refractivity contribution in [2.45, 2.75) is 64.0 Å². The summed E-state index contributed by atoms with van der Waals surface area (Å²) < 4.78 is 5.37. The first-order valence-corrected chi connectivity index (χ1v) is 13.0. The van der Waals surface area contributed by atoms with Gasteiger partial charge in [-0.2, -0.15) is 0 Å². The fraction of sp³-hybridized carbons (Fsp3) is 0.571. The van der Waals surface area contributed by atoms with E-state index in [4.69, 9.17) is 9.84 Å². The summed E-state index contributed by atoms with van der Waals surface area (Å²) in [6, 6.07) is 8.09. The molecule has 1 aliphatic heterocycles. The molecule has 0 aliphatic carbocycles. The van der Waals surface area contributed by atoms with E-state index in [-0.39, 0.29) is 0 Å². The fourth-order valence-corrected chi connectivity index (χ4v) is 5.00. The number of aliphatic hydroxyl groups excluding tert-OH is 1. The van der Waals surface area contributed by atoms with Crippen LogP contribution in [0.1, 0.15) is 63.5 Å². The number of carbonyl (C=O) groups is 1. The van der Waals surface area contributed by atoms with Crippen molar-refractivity contribution >= 4 is 16.9 Å². The van der Waals surface area contributed by atoms with E-state index in [1.807, 2.05) is 24.3 Å². The first-order valence-electron chi connectivity index (χ1n) is 13.0. The van der Waals surface area contributed by atoms with Crippen molar-refractivity contribution < 1.29 is 19.7 Å². The molecule has 192 valence electrons. The van der Waals surface area contributed by atoms with E-state index in [1.54, 1.807) is 19.4 Å². The number of rotatable bonds is 14. The van der Waals surface area contributed by atoms with Crippen LogP contribution in [-0.2, 0) is 4.79 Å². The highest BCUT2D eigenvalue weighted by Crippen LogP contribution is 2.28. The average Bonchev–Trinajstić information content (AvgIpc) is 2.87. The predicted octanol–water partition coefficient (Wildman–Crippen LogP) is 4.65. The van der Waals surface area contributed by atoms with E-state index in [0.717, 1.165) is 61.1 Å². The minimum Gasteiger partial charge on any atom is -0.497 e. The van der Waals surface area contributed by atoms with Gasteiger partial charge in [0.1, 0.15) is 5.75 Å². The number of aliphatic carboxylic acids is 1. The molecule has 1 aromatic heterocycles.